The average Bonchev–Trinajstić information content (AvgIpc) is 1.86. The molecule has 0 aliphatic heterocycles. The molecule has 0 N–H and O–H groups in total. The van der Waals surface area contributed by atoms with Gasteiger partial charge < -0.3 is 4.55 Å². The topological polar surface area (TPSA) is 40.1 Å². The fourth-order valence-electron chi connectivity index (χ4n) is 0.778. The highest BCUT2D eigenvalue weighted by atomic mass is 32.2. The molecule has 0 spiro atoms. The summed E-state index contributed by atoms with van der Waals surface area (Å²) in [5.74, 6) is 0.520. The molecule has 68 valence electrons. The zero-order valence-corrected chi connectivity index (χ0v) is 8.53. The lowest BCUT2D eigenvalue weighted by atomic mass is 9.79. The van der Waals surface area contributed by atoms with E-state index in [0.717, 1.165) is 6.42 Å². The summed E-state index contributed by atoms with van der Waals surface area (Å²) < 4.78 is 20.7. The van der Waals surface area contributed by atoms with E-state index >= 15 is 0 Å². The SMILES string of the molecule is CCC(C)(C)C(C)CS(=O)[O-]. The Balaban J connectivity index is 4.01. The van der Waals surface area contributed by atoms with Gasteiger partial charge in [0.15, 0.2) is 0 Å². The molecule has 3 heteroatoms. The molecule has 2 unspecified atom stereocenters. The summed E-state index contributed by atoms with van der Waals surface area (Å²) in [6.07, 6.45) is 1.02. The predicted octanol–water partition coefficient (Wildman–Crippen LogP) is 1.94. The average molecular weight is 177 g/mol. The van der Waals surface area contributed by atoms with Crippen molar-refractivity contribution in [2.24, 2.45) is 11.3 Å². The van der Waals surface area contributed by atoms with Crippen LogP contribution in [-0.2, 0) is 11.1 Å². The third-order valence-corrected chi connectivity index (χ3v) is 3.40. The molecule has 0 bridgehead atoms. The zero-order chi connectivity index (χ0) is 9.07. The lowest BCUT2D eigenvalue weighted by Gasteiger charge is -2.31. The van der Waals surface area contributed by atoms with Gasteiger partial charge >= 0.3 is 0 Å². The van der Waals surface area contributed by atoms with Crippen LogP contribution in [0.2, 0.25) is 0 Å². The van der Waals surface area contributed by atoms with Crippen molar-refractivity contribution in [1.82, 2.24) is 0 Å². The molecule has 0 amide bonds. The molecular formula is C8H17O2S-. The molecule has 0 aromatic heterocycles. The van der Waals surface area contributed by atoms with Crippen LogP contribution in [0, 0.1) is 11.3 Å². The molecule has 11 heavy (non-hydrogen) atoms. The summed E-state index contributed by atoms with van der Waals surface area (Å²) in [7, 11) is 0. The molecule has 0 saturated carbocycles. The molecule has 0 aliphatic rings. The van der Waals surface area contributed by atoms with Gasteiger partial charge in [-0.25, -0.2) is 0 Å². The second kappa shape index (κ2) is 4.21. The first-order valence-electron chi connectivity index (χ1n) is 3.96. The third-order valence-electron chi connectivity index (χ3n) is 2.63. The first-order chi connectivity index (χ1) is 4.90. The first-order valence-corrected chi connectivity index (χ1v) is 5.20. The summed E-state index contributed by atoms with van der Waals surface area (Å²) in [5.41, 5.74) is 0.139. The maximum Gasteiger partial charge on any atom is 0.0132 e. The normalized spacial score (nSPS) is 17.9. The Morgan fingerprint density at radius 3 is 2.27 bits per heavy atom. The quantitative estimate of drug-likeness (QED) is 0.616. The monoisotopic (exact) mass is 177 g/mol. The van der Waals surface area contributed by atoms with Gasteiger partial charge in [0.1, 0.15) is 0 Å². The van der Waals surface area contributed by atoms with Crippen molar-refractivity contribution < 1.29 is 8.76 Å². The lowest BCUT2D eigenvalue weighted by Crippen LogP contribution is -2.25. The van der Waals surface area contributed by atoms with Crippen LogP contribution in [0.25, 0.3) is 0 Å². The van der Waals surface area contributed by atoms with Crippen molar-refractivity contribution in [2.45, 2.75) is 34.1 Å². The highest BCUT2D eigenvalue weighted by molar-refractivity contribution is 7.79. The van der Waals surface area contributed by atoms with E-state index in [0.29, 0.717) is 0 Å². The van der Waals surface area contributed by atoms with E-state index in [1.54, 1.807) is 0 Å². The van der Waals surface area contributed by atoms with E-state index in [2.05, 4.69) is 20.8 Å². The van der Waals surface area contributed by atoms with E-state index in [1.807, 2.05) is 6.92 Å². The molecule has 2 nitrogen and oxygen atoms in total. The van der Waals surface area contributed by atoms with Crippen LogP contribution in [-0.4, -0.2) is 14.5 Å². The van der Waals surface area contributed by atoms with Gasteiger partial charge in [-0.3, -0.25) is 4.21 Å². The molecule has 0 heterocycles. The number of rotatable bonds is 4. The fraction of sp³-hybridized carbons (Fsp3) is 1.00. The Morgan fingerprint density at radius 1 is 1.55 bits per heavy atom. The Labute approximate surface area is 71.7 Å². The number of hydrogen-bond acceptors (Lipinski definition) is 2. The van der Waals surface area contributed by atoms with Gasteiger partial charge in [-0.1, -0.05) is 45.2 Å². The van der Waals surface area contributed by atoms with Gasteiger partial charge in [0.25, 0.3) is 0 Å². The van der Waals surface area contributed by atoms with E-state index < -0.39 is 11.1 Å². The minimum Gasteiger partial charge on any atom is -0.772 e. The fourth-order valence-corrected chi connectivity index (χ4v) is 1.64. The smallest absolute Gasteiger partial charge is 0.0132 e. The van der Waals surface area contributed by atoms with Crippen molar-refractivity contribution in [3.63, 3.8) is 0 Å². The molecule has 0 rings (SSSR count). The largest absolute Gasteiger partial charge is 0.772 e. The molecule has 0 saturated heterocycles. The summed E-state index contributed by atoms with van der Waals surface area (Å²) in [5, 5.41) is 0. The summed E-state index contributed by atoms with van der Waals surface area (Å²) >= 11 is -1.89. The van der Waals surface area contributed by atoms with Gasteiger partial charge in [-0.2, -0.15) is 0 Å². The summed E-state index contributed by atoms with van der Waals surface area (Å²) in [4.78, 5) is 0. The second-order valence-corrected chi connectivity index (χ2v) is 4.65. The van der Waals surface area contributed by atoms with Gasteiger partial charge in [0, 0.05) is 5.75 Å². The van der Waals surface area contributed by atoms with Gasteiger partial charge in [0.05, 0.1) is 0 Å². The van der Waals surface area contributed by atoms with E-state index in [9.17, 15) is 8.76 Å². The van der Waals surface area contributed by atoms with Crippen molar-refractivity contribution in [1.29, 1.82) is 0 Å². The predicted molar refractivity (Wildman–Crippen MR) is 47.0 cm³/mol. The minimum absolute atomic E-state index is 0.139. The van der Waals surface area contributed by atoms with Crippen LogP contribution in [0.15, 0.2) is 0 Å². The standard InChI is InChI=1S/C8H18O2S/c1-5-8(3,4)7(2)6-11(9)10/h7H,5-6H2,1-4H3,(H,9,10)/p-1. The van der Waals surface area contributed by atoms with E-state index in [1.165, 1.54) is 0 Å². The van der Waals surface area contributed by atoms with Crippen LogP contribution < -0.4 is 0 Å². The van der Waals surface area contributed by atoms with Crippen molar-refractivity contribution >= 4 is 11.1 Å². The number of hydrogen-bond donors (Lipinski definition) is 0. The Morgan fingerprint density at radius 2 is 2.00 bits per heavy atom. The molecule has 2 atom stereocenters. The van der Waals surface area contributed by atoms with Gasteiger partial charge in [0.2, 0.25) is 0 Å². The van der Waals surface area contributed by atoms with E-state index in [4.69, 9.17) is 0 Å². The van der Waals surface area contributed by atoms with Crippen LogP contribution in [0.3, 0.4) is 0 Å². The molecule has 0 radical (unpaired) electrons. The highest BCUT2D eigenvalue weighted by Gasteiger charge is 2.23. The van der Waals surface area contributed by atoms with Crippen LogP contribution in [0.4, 0.5) is 0 Å². The third kappa shape index (κ3) is 3.87. The van der Waals surface area contributed by atoms with Crippen LogP contribution >= 0.6 is 0 Å². The molecule has 0 aromatic carbocycles. The first kappa shape index (κ1) is 11.1. The molecular weight excluding hydrogens is 160 g/mol. The van der Waals surface area contributed by atoms with Gasteiger partial charge in [-0.15, -0.1) is 0 Å². The summed E-state index contributed by atoms with van der Waals surface area (Å²) in [6.45, 7) is 8.28. The molecule has 0 fully saturated rings. The van der Waals surface area contributed by atoms with Crippen LogP contribution in [0.5, 0.6) is 0 Å². The lowest BCUT2D eigenvalue weighted by molar-refractivity contribution is 0.241. The second-order valence-electron chi connectivity index (χ2n) is 3.71. The zero-order valence-electron chi connectivity index (χ0n) is 7.72. The van der Waals surface area contributed by atoms with E-state index in [-0.39, 0.29) is 17.1 Å². The Kier molecular flexibility index (Phi) is 4.26. The van der Waals surface area contributed by atoms with Crippen molar-refractivity contribution in [3.8, 4) is 0 Å². The Hall–Kier alpha value is 0.110. The Bertz CT molecular complexity index is 143. The maximum atomic E-state index is 10.4. The minimum atomic E-state index is -1.89. The highest BCUT2D eigenvalue weighted by Crippen LogP contribution is 2.30. The van der Waals surface area contributed by atoms with Gasteiger partial charge in [-0.05, 0) is 11.3 Å². The summed E-state index contributed by atoms with van der Waals surface area (Å²) in [6, 6.07) is 0. The van der Waals surface area contributed by atoms with Crippen LogP contribution in [0.1, 0.15) is 34.1 Å². The maximum absolute atomic E-state index is 10.4. The van der Waals surface area contributed by atoms with Crippen molar-refractivity contribution in [2.75, 3.05) is 5.75 Å². The van der Waals surface area contributed by atoms with Crippen molar-refractivity contribution in [3.05, 3.63) is 0 Å². The molecule has 0 aromatic rings. The molecule has 0 aliphatic carbocycles.